The zero-order valence-corrected chi connectivity index (χ0v) is 15.9. The summed E-state index contributed by atoms with van der Waals surface area (Å²) in [5, 5.41) is 0. The summed E-state index contributed by atoms with van der Waals surface area (Å²) in [7, 11) is -3.37. The minimum atomic E-state index is -3.37. The molecule has 6 nitrogen and oxygen atoms in total. The first-order chi connectivity index (χ1) is 11.4. The molecule has 0 spiro atoms. The van der Waals surface area contributed by atoms with Crippen LogP contribution in [0.25, 0.3) is 0 Å². The Morgan fingerprint density at radius 1 is 1.21 bits per heavy atom. The average molecular weight is 358 g/mol. The second-order valence-corrected chi connectivity index (χ2v) is 8.75. The van der Waals surface area contributed by atoms with Gasteiger partial charge < -0.3 is 9.80 Å². The second-order valence-electron chi connectivity index (χ2n) is 6.77. The molecular weight excluding hydrogens is 326 g/mol. The van der Waals surface area contributed by atoms with E-state index in [9.17, 15) is 13.2 Å². The molecule has 0 aromatic heterocycles. The second kappa shape index (κ2) is 8.97. The molecule has 0 radical (unpaired) electrons. The molecule has 0 saturated carbocycles. The van der Waals surface area contributed by atoms with Gasteiger partial charge in [0.2, 0.25) is 15.9 Å². The Morgan fingerprint density at radius 2 is 1.92 bits per heavy atom. The topological polar surface area (TPSA) is 60.9 Å². The zero-order valence-electron chi connectivity index (χ0n) is 15.0. The van der Waals surface area contributed by atoms with Gasteiger partial charge in [0.1, 0.15) is 0 Å². The molecule has 24 heavy (non-hydrogen) atoms. The third-order valence-electron chi connectivity index (χ3n) is 5.02. The Kier molecular flexibility index (Phi) is 7.25. The highest BCUT2D eigenvalue weighted by atomic mass is 32.2. The lowest BCUT2D eigenvalue weighted by Gasteiger charge is -2.35. The van der Waals surface area contributed by atoms with Crippen molar-refractivity contribution in [2.75, 3.05) is 52.1 Å². The molecule has 0 unspecified atom stereocenters. The van der Waals surface area contributed by atoms with Crippen molar-refractivity contribution in [1.82, 2.24) is 14.1 Å². The predicted molar refractivity (Wildman–Crippen MR) is 96.3 cm³/mol. The predicted octanol–water partition coefficient (Wildman–Crippen LogP) is 1.30. The third-order valence-corrected chi connectivity index (χ3v) is 6.27. The van der Waals surface area contributed by atoms with Gasteiger partial charge in [0.05, 0.1) is 12.8 Å². The van der Waals surface area contributed by atoms with Crippen LogP contribution in [0.15, 0.2) is 11.6 Å². The Hall–Kier alpha value is -0.920. The maximum absolute atomic E-state index is 12.5. The van der Waals surface area contributed by atoms with Crippen LogP contribution in [0, 0.1) is 0 Å². The number of piperazine rings is 1. The molecule has 138 valence electrons. The van der Waals surface area contributed by atoms with E-state index < -0.39 is 10.0 Å². The lowest BCUT2D eigenvalue weighted by atomic mass is 9.97. The van der Waals surface area contributed by atoms with E-state index in [1.165, 1.54) is 29.0 Å². The highest BCUT2D eigenvalue weighted by Gasteiger charge is 2.25. The van der Waals surface area contributed by atoms with Gasteiger partial charge in [0.25, 0.3) is 0 Å². The summed E-state index contributed by atoms with van der Waals surface area (Å²) >= 11 is 0. The fourth-order valence-electron chi connectivity index (χ4n) is 3.33. The average Bonchev–Trinajstić information content (AvgIpc) is 2.58. The Balaban J connectivity index is 1.88. The highest BCUT2D eigenvalue weighted by Crippen LogP contribution is 2.20. The van der Waals surface area contributed by atoms with Crippen molar-refractivity contribution >= 4 is 15.9 Å². The van der Waals surface area contributed by atoms with Gasteiger partial charge in [-0.05, 0) is 38.6 Å². The van der Waals surface area contributed by atoms with Gasteiger partial charge in [-0.15, -0.1) is 0 Å². The Morgan fingerprint density at radius 3 is 2.46 bits per heavy atom. The maximum Gasteiger partial charge on any atom is 0.237 e. The van der Waals surface area contributed by atoms with Gasteiger partial charge in [0.15, 0.2) is 0 Å². The molecule has 0 atom stereocenters. The number of rotatable bonds is 7. The van der Waals surface area contributed by atoms with E-state index in [-0.39, 0.29) is 12.5 Å². The number of hydrogen-bond acceptors (Lipinski definition) is 4. The van der Waals surface area contributed by atoms with Gasteiger partial charge in [-0.3, -0.25) is 4.79 Å². The van der Waals surface area contributed by atoms with Crippen molar-refractivity contribution < 1.29 is 13.2 Å². The molecule has 1 fully saturated rings. The summed E-state index contributed by atoms with van der Waals surface area (Å²) < 4.78 is 25.4. The number of carbonyl (C=O) groups excluding carboxylic acids is 1. The fraction of sp³-hybridized carbons (Fsp3) is 0.824. The van der Waals surface area contributed by atoms with E-state index in [4.69, 9.17) is 0 Å². The van der Waals surface area contributed by atoms with Crippen molar-refractivity contribution in [3.05, 3.63) is 11.6 Å². The van der Waals surface area contributed by atoms with Crippen LogP contribution in [0.1, 0.15) is 39.0 Å². The largest absolute Gasteiger partial charge is 0.339 e. The third kappa shape index (κ3) is 5.86. The SMILES string of the molecule is CCN1CCN(C(=O)CN(CCC2=CCCCC2)S(C)(=O)=O)CC1. The summed E-state index contributed by atoms with van der Waals surface area (Å²) in [5.41, 5.74) is 1.33. The molecule has 1 amide bonds. The smallest absolute Gasteiger partial charge is 0.237 e. The molecule has 1 aliphatic heterocycles. The van der Waals surface area contributed by atoms with Crippen molar-refractivity contribution in [2.45, 2.75) is 39.0 Å². The number of sulfonamides is 1. The zero-order chi connectivity index (χ0) is 17.6. The van der Waals surface area contributed by atoms with E-state index >= 15 is 0 Å². The monoisotopic (exact) mass is 357 g/mol. The van der Waals surface area contributed by atoms with Gasteiger partial charge in [0, 0.05) is 32.7 Å². The number of amides is 1. The molecule has 2 aliphatic rings. The summed E-state index contributed by atoms with van der Waals surface area (Å²) in [4.78, 5) is 16.6. The van der Waals surface area contributed by atoms with Crippen molar-refractivity contribution in [3.63, 3.8) is 0 Å². The first kappa shape index (κ1) is 19.4. The summed E-state index contributed by atoms with van der Waals surface area (Å²) in [6.45, 7) is 6.60. The van der Waals surface area contributed by atoms with Crippen LogP contribution in [-0.4, -0.2) is 80.5 Å². The van der Waals surface area contributed by atoms with Crippen LogP contribution in [0.2, 0.25) is 0 Å². The minimum Gasteiger partial charge on any atom is -0.339 e. The van der Waals surface area contributed by atoms with Gasteiger partial charge in [-0.1, -0.05) is 18.6 Å². The molecule has 0 aromatic rings. The summed E-state index contributed by atoms with van der Waals surface area (Å²) in [5.74, 6) is -0.0752. The lowest BCUT2D eigenvalue weighted by molar-refractivity contribution is -0.133. The molecule has 0 N–H and O–H groups in total. The van der Waals surface area contributed by atoms with Gasteiger partial charge in [-0.25, -0.2) is 8.42 Å². The lowest BCUT2D eigenvalue weighted by Crippen LogP contribution is -2.51. The molecule has 1 saturated heterocycles. The van der Waals surface area contributed by atoms with Crippen LogP contribution in [0.4, 0.5) is 0 Å². The number of carbonyl (C=O) groups is 1. The van der Waals surface area contributed by atoms with E-state index in [1.54, 1.807) is 4.90 Å². The standard InChI is InChI=1S/C17H31N3O3S/c1-3-18-11-13-19(14-12-18)17(21)15-20(24(2,22)23)10-9-16-7-5-4-6-8-16/h7H,3-6,8-15H2,1-2H3. The molecule has 0 aromatic carbocycles. The number of likely N-dealkylation sites (N-methyl/N-ethyl adjacent to an activating group) is 1. The minimum absolute atomic E-state index is 0.0295. The first-order valence-corrected chi connectivity index (χ1v) is 10.9. The molecule has 0 bridgehead atoms. The molecule has 1 heterocycles. The Bertz CT molecular complexity index is 551. The first-order valence-electron chi connectivity index (χ1n) is 9.03. The maximum atomic E-state index is 12.5. The number of hydrogen-bond donors (Lipinski definition) is 0. The van der Waals surface area contributed by atoms with E-state index in [1.807, 2.05) is 0 Å². The summed E-state index contributed by atoms with van der Waals surface area (Å²) in [6.07, 6.45) is 8.73. The van der Waals surface area contributed by atoms with Crippen molar-refractivity contribution in [1.29, 1.82) is 0 Å². The fourth-order valence-corrected chi connectivity index (χ4v) is 4.09. The van der Waals surface area contributed by atoms with Crippen LogP contribution in [-0.2, 0) is 14.8 Å². The van der Waals surface area contributed by atoms with Crippen molar-refractivity contribution in [2.24, 2.45) is 0 Å². The van der Waals surface area contributed by atoms with Crippen LogP contribution < -0.4 is 0 Å². The molecule has 7 heteroatoms. The quantitative estimate of drug-likeness (QED) is 0.645. The molecule has 2 rings (SSSR count). The molecule has 1 aliphatic carbocycles. The van der Waals surface area contributed by atoms with Crippen molar-refractivity contribution in [3.8, 4) is 0 Å². The molecular formula is C17H31N3O3S. The number of allylic oxidation sites excluding steroid dienone is 1. The van der Waals surface area contributed by atoms with E-state index in [0.29, 0.717) is 19.6 Å². The highest BCUT2D eigenvalue weighted by molar-refractivity contribution is 7.88. The Labute approximate surface area is 146 Å². The van der Waals surface area contributed by atoms with Gasteiger partial charge in [-0.2, -0.15) is 4.31 Å². The van der Waals surface area contributed by atoms with Crippen LogP contribution >= 0.6 is 0 Å². The summed E-state index contributed by atoms with van der Waals surface area (Å²) in [6, 6.07) is 0. The van der Waals surface area contributed by atoms with Crippen LogP contribution in [0.5, 0.6) is 0 Å². The van der Waals surface area contributed by atoms with E-state index in [2.05, 4.69) is 17.9 Å². The van der Waals surface area contributed by atoms with Crippen LogP contribution in [0.3, 0.4) is 0 Å². The van der Waals surface area contributed by atoms with E-state index in [0.717, 1.165) is 38.9 Å². The van der Waals surface area contributed by atoms with Gasteiger partial charge >= 0.3 is 0 Å². The number of nitrogens with zero attached hydrogens (tertiary/aromatic N) is 3. The normalized spacial score (nSPS) is 20.3.